The zero-order valence-electron chi connectivity index (χ0n) is 15.7. The first-order chi connectivity index (χ1) is 14.2. The molecule has 11 heteroatoms. The van der Waals surface area contributed by atoms with Gasteiger partial charge < -0.3 is 4.84 Å². The van der Waals surface area contributed by atoms with E-state index in [1.165, 1.54) is 6.20 Å². The highest BCUT2D eigenvalue weighted by molar-refractivity contribution is 7.89. The Morgan fingerprint density at radius 3 is 2.53 bits per heavy atom. The first-order valence-electron chi connectivity index (χ1n) is 8.98. The van der Waals surface area contributed by atoms with Gasteiger partial charge in [-0.3, -0.25) is 4.98 Å². The van der Waals surface area contributed by atoms with E-state index in [2.05, 4.69) is 10.1 Å². The van der Waals surface area contributed by atoms with Crippen molar-refractivity contribution in [3.8, 4) is 0 Å². The third-order valence-electron chi connectivity index (χ3n) is 4.45. The number of alkyl halides is 3. The van der Waals surface area contributed by atoms with E-state index in [-0.39, 0.29) is 32.4 Å². The molecule has 1 aliphatic heterocycles. The van der Waals surface area contributed by atoms with Gasteiger partial charge in [0.1, 0.15) is 0 Å². The summed E-state index contributed by atoms with van der Waals surface area (Å²) >= 11 is 0. The Kier molecular flexibility index (Phi) is 6.52. The van der Waals surface area contributed by atoms with Crippen LogP contribution in [0, 0.1) is 0 Å². The lowest BCUT2D eigenvalue weighted by atomic mass is 10.1. The molecule has 0 spiro atoms. The highest BCUT2D eigenvalue weighted by Gasteiger charge is 2.33. The van der Waals surface area contributed by atoms with Gasteiger partial charge in [0.25, 0.3) is 0 Å². The number of hydrogen-bond acceptors (Lipinski definition) is 6. The van der Waals surface area contributed by atoms with Crippen molar-refractivity contribution in [2.45, 2.75) is 30.3 Å². The minimum atomic E-state index is -4.63. The molecule has 0 saturated carbocycles. The van der Waals surface area contributed by atoms with Gasteiger partial charge in [0, 0.05) is 38.3 Å². The average molecular weight is 441 g/mol. The maximum absolute atomic E-state index is 12.9. The van der Waals surface area contributed by atoms with Crippen molar-refractivity contribution in [1.29, 1.82) is 0 Å². The van der Waals surface area contributed by atoms with Crippen LogP contribution in [0.2, 0.25) is 0 Å². The molecule has 1 aliphatic rings. The standard InChI is InChI=1S/C19H18F3N3O4S/c20-19(21,22)15-4-1-5-17(12-15)30(27,28)25-9-6-16(7-10-25)24-29-18(26)11-14-3-2-8-23-13-14/h1-5,8,12-13H,6-7,9-11H2. The predicted octanol–water partition coefficient (Wildman–Crippen LogP) is 3.03. The third-order valence-corrected chi connectivity index (χ3v) is 6.34. The molecule has 0 aliphatic carbocycles. The Hall–Kier alpha value is -2.79. The number of nitrogens with zero attached hydrogens (tertiary/aromatic N) is 3. The Bertz CT molecular complexity index is 1030. The van der Waals surface area contributed by atoms with Crippen LogP contribution in [0.1, 0.15) is 24.0 Å². The van der Waals surface area contributed by atoms with Crippen molar-refractivity contribution in [3.63, 3.8) is 0 Å². The van der Waals surface area contributed by atoms with Crippen molar-refractivity contribution in [2.75, 3.05) is 13.1 Å². The number of oxime groups is 1. The molecular formula is C19H18F3N3O4S. The SMILES string of the molecule is O=C(Cc1cccnc1)ON=C1CCN(S(=O)(=O)c2cccc(C(F)(F)F)c2)CC1. The van der Waals surface area contributed by atoms with Crippen LogP contribution in [0.3, 0.4) is 0 Å². The minimum Gasteiger partial charge on any atom is -0.318 e. The molecule has 0 N–H and O–H groups in total. The molecule has 30 heavy (non-hydrogen) atoms. The number of halogens is 3. The Balaban J connectivity index is 1.59. The monoisotopic (exact) mass is 441 g/mol. The maximum atomic E-state index is 12.9. The summed E-state index contributed by atoms with van der Waals surface area (Å²) in [5.74, 6) is -0.575. The maximum Gasteiger partial charge on any atom is 0.416 e. The summed E-state index contributed by atoms with van der Waals surface area (Å²) in [6.45, 7) is 0.0507. The number of benzene rings is 1. The number of aromatic nitrogens is 1. The normalized spacial score (nSPS) is 15.6. The second-order valence-electron chi connectivity index (χ2n) is 6.59. The molecule has 2 heterocycles. The van der Waals surface area contributed by atoms with E-state index < -0.39 is 32.6 Å². The Morgan fingerprint density at radius 2 is 1.90 bits per heavy atom. The second kappa shape index (κ2) is 8.92. The van der Waals surface area contributed by atoms with Crippen LogP contribution in [0.5, 0.6) is 0 Å². The lowest BCUT2D eigenvalue weighted by Gasteiger charge is -2.26. The van der Waals surface area contributed by atoms with Gasteiger partial charge in [-0.25, -0.2) is 13.2 Å². The zero-order chi connectivity index (χ0) is 21.8. The van der Waals surface area contributed by atoms with E-state index >= 15 is 0 Å². The van der Waals surface area contributed by atoms with Crippen LogP contribution < -0.4 is 0 Å². The van der Waals surface area contributed by atoms with Gasteiger partial charge in [-0.1, -0.05) is 17.3 Å². The number of rotatable bonds is 5. The molecule has 0 atom stereocenters. The third kappa shape index (κ3) is 5.42. The van der Waals surface area contributed by atoms with Gasteiger partial charge in [-0.15, -0.1) is 0 Å². The largest absolute Gasteiger partial charge is 0.416 e. The molecule has 0 radical (unpaired) electrons. The summed E-state index contributed by atoms with van der Waals surface area (Å²) in [7, 11) is -4.08. The van der Waals surface area contributed by atoms with Gasteiger partial charge in [-0.05, 0) is 29.8 Å². The van der Waals surface area contributed by atoms with Crippen LogP contribution in [0.25, 0.3) is 0 Å². The fourth-order valence-electron chi connectivity index (χ4n) is 2.88. The molecular weight excluding hydrogens is 423 g/mol. The molecule has 0 amide bonds. The summed E-state index contributed by atoms with van der Waals surface area (Å²) in [4.78, 5) is 20.2. The predicted molar refractivity (Wildman–Crippen MR) is 101 cm³/mol. The second-order valence-corrected chi connectivity index (χ2v) is 8.53. The van der Waals surface area contributed by atoms with Gasteiger partial charge in [0.15, 0.2) is 0 Å². The summed E-state index contributed by atoms with van der Waals surface area (Å²) < 4.78 is 65.0. The highest BCUT2D eigenvalue weighted by Crippen LogP contribution is 2.31. The van der Waals surface area contributed by atoms with Crippen LogP contribution in [0.4, 0.5) is 13.2 Å². The number of sulfonamides is 1. The summed E-state index contributed by atoms with van der Waals surface area (Å²) in [6, 6.07) is 7.05. The number of carbonyl (C=O) groups excluding carboxylic acids is 1. The van der Waals surface area contributed by atoms with E-state index in [0.29, 0.717) is 17.3 Å². The Labute approximate surface area is 171 Å². The first kappa shape index (κ1) is 21.9. The van der Waals surface area contributed by atoms with Gasteiger partial charge in [0.2, 0.25) is 10.0 Å². The lowest BCUT2D eigenvalue weighted by molar-refractivity contribution is -0.143. The van der Waals surface area contributed by atoms with Crippen LogP contribution >= 0.6 is 0 Å². The molecule has 2 aromatic rings. The van der Waals surface area contributed by atoms with E-state index in [9.17, 15) is 26.4 Å². The first-order valence-corrected chi connectivity index (χ1v) is 10.4. The number of carbonyl (C=O) groups is 1. The molecule has 1 aromatic heterocycles. The minimum absolute atomic E-state index is 0.000665. The van der Waals surface area contributed by atoms with Crippen molar-refractivity contribution in [3.05, 3.63) is 59.9 Å². The molecule has 160 valence electrons. The van der Waals surface area contributed by atoms with Gasteiger partial charge in [0.05, 0.1) is 22.6 Å². The van der Waals surface area contributed by atoms with Gasteiger partial charge in [-0.2, -0.15) is 17.5 Å². The lowest BCUT2D eigenvalue weighted by Crippen LogP contribution is -2.38. The molecule has 0 unspecified atom stereocenters. The van der Waals surface area contributed by atoms with Crippen LogP contribution in [-0.2, 0) is 32.3 Å². The number of piperidine rings is 1. The molecule has 7 nitrogen and oxygen atoms in total. The summed E-state index contributed by atoms with van der Waals surface area (Å²) in [5.41, 5.74) is 0.151. The molecule has 1 saturated heterocycles. The van der Waals surface area contributed by atoms with Crippen molar-refractivity contribution >= 4 is 21.7 Å². The number of hydrogen-bond donors (Lipinski definition) is 0. The quantitative estimate of drug-likeness (QED) is 0.526. The fraction of sp³-hybridized carbons (Fsp3) is 0.316. The Morgan fingerprint density at radius 1 is 1.17 bits per heavy atom. The number of pyridine rings is 1. The topological polar surface area (TPSA) is 88.9 Å². The molecule has 1 fully saturated rings. The van der Waals surface area contributed by atoms with E-state index in [1.54, 1.807) is 18.3 Å². The van der Waals surface area contributed by atoms with E-state index in [0.717, 1.165) is 22.5 Å². The van der Waals surface area contributed by atoms with Crippen molar-refractivity contribution in [1.82, 2.24) is 9.29 Å². The summed E-state index contributed by atoms with van der Waals surface area (Å²) in [5, 5.41) is 3.79. The molecule has 0 bridgehead atoms. The zero-order valence-corrected chi connectivity index (χ0v) is 16.5. The molecule has 3 rings (SSSR count). The van der Waals surface area contributed by atoms with Gasteiger partial charge >= 0.3 is 12.1 Å². The fourth-order valence-corrected chi connectivity index (χ4v) is 4.36. The van der Waals surface area contributed by atoms with Crippen LogP contribution in [0.15, 0.2) is 58.8 Å². The highest BCUT2D eigenvalue weighted by atomic mass is 32.2. The van der Waals surface area contributed by atoms with Crippen molar-refractivity contribution in [2.24, 2.45) is 5.16 Å². The van der Waals surface area contributed by atoms with Crippen molar-refractivity contribution < 1.29 is 31.2 Å². The smallest absolute Gasteiger partial charge is 0.318 e. The van der Waals surface area contributed by atoms with E-state index in [1.807, 2.05) is 0 Å². The van der Waals surface area contributed by atoms with Crippen LogP contribution in [-0.4, -0.2) is 42.5 Å². The average Bonchev–Trinajstić information content (AvgIpc) is 2.73. The van der Waals surface area contributed by atoms with E-state index in [4.69, 9.17) is 4.84 Å². The summed E-state index contributed by atoms with van der Waals surface area (Å²) in [6.07, 6.45) is -1.11. The molecule has 1 aromatic carbocycles.